The summed E-state index contributed by atoms with van der Waals surface area (Å²) >= 11 is 0. The number of nitrogens with one attached hydrogen (secondary N) is 1. The lowest BCUT2D eigenvalue weighted by molar-refractivity contribution is 0.0936. The zero-order valence-electron chi connectivity index (χ0n) is 11.6. The number of rotatable bonds is 3. The largest absolute Gasteiger partial charge is 0.494 e. The van der Waals surface area contributed by atoms with Gasteiger partial charge in [-0.05, 0) is 18.9 Å². The molecule has 0 unspecified atom stereocenters. The van der Waals surface area contributed by atoms with Gasteiger partial charge in [-0.1, -0.05) is 31.0 Å². The van der Waals surface area contributed by atoms with Crippen LogP contribution < -0.4 is 10.1 Å². The Morgan fingerprint density at radius 2 is 2.05 bits per heavy atom. The second-order valence-corrected chi connectivity index (χ2v) is 5.17. The lowest BCUT2D eigenvalue weighted by atomic mass is 10.1. The van der Waals surface area contributed by atoms with Crippen molar-refractivity contribution in [3.8, 4) is 5.75 Å². The maximum Gasteiger partial charge on any atom is 0.256 e. The van der Waals surface area contributed by atoms with Crippen LogP contribution in [0.3, 0.4) is 0 Å². The Kier molecular flexibility index (Phi) is 3.54. The molecule has 1 saturated carbocycles. The molecule has 1 aromatic carbocycles. The molecule has 0 saturated heterocycles. The third-order valence-electron chi connectivity index (χ3n) is 3.88. The van der Waals surface area contributed by atoms with Crippen LogP contribution in [0.1, 0.15) is 36.0 Å². The molecular formula is C16H18N2O2. The lowest BCUT2D eigenvalue weighted by Crippen LogP contribution is -2.33. The number of hydrogen-bond donors (Lipinski definition) is 1. The van der Waals surface area contributed by atoms with Crippen LogP contribution in [-0.4, -0.2) is 24.0 Å². The first kappa shape index (κ1) is 12.9. The molecule has 104 valence electrons. The summed E-state index contributed by atoms with van der Waals surface area (Å²) < 4.78 is 5.32. The number of hydrogen-bond acceptors (Lipinski definition) is 3. The average Bonchev–Trinajstić information content (AvgIpc) is 2.98. The SMILES string of the molecule is COc1cnc2ccccc2c1C(=O)NC1CCCC1. The van der Waals surface area contributed by atoms with Crippen LogP contribution in [0.2, 0.25) is 0 Å². The van der Waals surface area contributed by atoms with E-state index in [1.165, 1.54) is 12.8 Å². The fourth-order valence-corrected chi connectivity index (χ4v) is 2.84. The van der Waals surface area contributed by atoms with Gasteiger partial charge in [0.2, 0.25) is 0 Å². The normalized spacial score (nSPS) is 15.4. The third kappa shape index (κ3) is 2.33. The van der Waals surface area contributed by atoms with E-state index in [1.54, 1.807) is 13.3 Å². The number of carbonyl (C=O) groups is 1. The Morgan fingerprint density at radius 1 is 1.30 bits per heavy atom. The molecule has 1 heterocycles. The smallest absolute Gasteiger partial charge is 0.256 e. The number of para-hydroxylation sites is 1. The molecular weight excluding hydrogens is 252 g/mol. The number of ether oxygens (including phenoxy) is 1. The van der Waals surface area contributed by atoms with E-state index >= 15 is 0 Å². The van der Waals surface area contributed by atoms with E-state index in [2.05, 4.69) is 10.3 Å². The van der Waals surface area contributed by atoms with Gasteiger partial charge >= 0.3 is 0 Å². The summed E-state index contributed by atoms with van der Waals surface area (Å²) in [4.78, 5) is 16.9. The highest BCUT2D eigenvalue weighted by Crippen LogP contribution is 2.27. The van der Waals surface area contributed by atoms with E-state index in [0.29, 0.717) is 17.4 Å². The summed E-state index contributed by atoms with van der Waals surface area (Å²) in [6.07, 6.45) is 6.14. The number of methoxy groups -OCH3 is 1. The first-order valence-electron chi connectivity index (χ1n) is 7.02. The fourth-order valence-electron chi connectivity index (χ4n) is 2.84. The predicted molar refractivity (Wildman–Crippen MR) is 78.0 cm³/mol. The molecule has 20 heavy (non-hydrogen) atoms. The maximum absolute atomic E-state index is 12.6. The fraction of sp³-hybridized carbons (Fsp3) is 0.375. The first-order chi connectivity index (χ1) is 9.79. The molecule has 1 aliphatic rings. The van der Waals surface area contributed by atoms with Crippen LogP contribution in [0.15, 0.2) is 30.5 Å². The molecule has 0 bridgehead atoms. The molecule has 1 fully saturated rings. The Bertz CT molecular complexity index is 633. The standard InChI is InChI=1S/C16H18N2O2/c1-20-14-10-17-13-9-5-4-8-12(13)15(14)16(19)18-11-6-2-3-7-11/h4-5,8-11H,2-3,6-7H2,1H3,(H,18,19). The van der Waals surface area contributed by atoms with Crippen molar-refractivity contribution in [1.29, 1.82) is 0 Å². The Balaban J connectivity index is 2.01. The zero-order chi connectivity index (χ0) is 13.9. The van der Waals surface area contributed by atoms with Crippen LogP contribution in [0, 0.1) is 0 Å². The lowest BCUT2D eigenvalue weighted by Gasteiger charge is -2.15. The van der Waals surface area contributed by atoms with Gasteiger partial charge in [-0.15, -0.1) is 0 Å². The quantitative estimate of drug-likeness (QED) is 0.933. The van der Waals surface area contributed by atoms with Gasteiger partial charge in [0, 0.05) is 11.4 Å². The van der Waals surface area contributed by atoms with Crippen molar-refractivity contribution in [2.75, 3.05) is 7.11 Å². The van der Waals surface area contributed by atoms with E-state index in [4.69, 9.17) is 4.74 Å². The molecule has 4 heteroatoms. The summed E-state index contributed by atoms with van der Waals surface area (Å²) in [6.45, 7) is 0. The highest BCUT2D eigenvalue weighted by molar-refractivity contribution is 6.08. The number of amides is 1. The van der Waals surface area contributed by atoms with Crippen LogP contribution in [-0.2, 0) is 0 Å². The van der Waals surface area contributed by atoms with Crippen molar-refractivity contribution in [2.24, 2.45) is 0 Å². The minimum absolute atomic E-state index is 0.0626. The molecule has 0 spiro atoms. The topological polar surface area (TPSA) is 51.2 Å². The molecule has 1 aromatic heterocycles. The van der Waals surface area contributed by atoms with E-state index in [0.717, 1.165) is 23.7 Å². The molecule has 0 atom stereocenters. The van der Waals surface area contributed by atoms with Crippen LogP contribution in [0.25, 0.3) is 10.9 Å². The zero-order valence-corrected chi connectivity index (χ0v) is 11.6. The molecule has 0 radical (unpaired) electrons. The molecule has 4 nitrogen and oxygen atoms in total. The van der Waals surface area contributed by atoms with Crippen molar-refractivity contribution < 1.29 is 9.53 Å². The van der Waals surface area contributed by atoms with Crippen molar-refractivity contribution in [1.82, 2.24) is 10.3 Å². The van der Waals surface area contributed by atoms with E-state index in [9.17, 15) is 4.79 Å². The Morgan fingerprint density at radius 3 is 2.80 bits per heavy atom. The minimum atomic E-state index is -0.0626. The number of carbonyl (C=O) groups excluding carboxylic acids is 1. The second kappa shape index (κ2) is 5.49. The van der Waals surface area contributed by atoms with Crippen molar-refractivity contribution in [3.05, 3.63) is 36.0 Å². The van der Waals surface area contributed by atoms with Gasteiger partial charge in [-0.3, -0.25) is 9.78 Å². The number of aromatic nitrogens is 1. The van der Waals surface area contributed by atoms with Crippen molar-refractivity contribution in [2.45, 2.75) is 31.7 Å². The van der Waals surface area contributed by atoms with Gasteiger partial charge in [0.05, 0.1) is 24.4 Å². The minimum Gasteiger partial charge on any atom is -0.494 e. The summed E-state index contributed by atoms with van der Waals surface area (Å²) in [6, 6.07) is 7.94. The summed E-state index contributed by atoms with van der Waals surface area (Å²) in [5.74, 6) is 0.464. The van der Waals surface area contributed by atoms with Gasteiger partial charge in [0.15, 0.2) is 5.75 Å². The molecule has 1 amide bonds. The van der Waals surface area contributed by atoms with E-state index < -0.39 is 0 Å². The van der Waals surface area contributed by atoms with Gasteiger partial charge in [-0.25, -0.2) is 0 Å². The average molecular weight is 270 g/mol. The molecule has 1 aliphatic carbocycles. The van der Waals surface area contributed by atoms with Gasteiger partial charge in [0.1, 0.15) is 0 Å². The van der Waals surface area contributed by atoms with Gasteiger partial charge in [-0.2, -0.15) is 0 Å². The van der Waals surface area contributed by atoms with Crippen molar-refractivity contribution >= 4 is 16.8 Å². The van der Waals surface area contributed by atoms with Crippen LogP contribution in [0.4, 0.5) is 0 Å². The number of benzene rings is 1. The third-order valence-corrected chi connectivity index (χ3v) is 3.88. The highest BCUT2D eigenvalue weighted by Gasteiger charge is 2.22. The number of nitrogens with zero attached hydrogens (tertiary/aromatic N) is 1. The summed E-state index contributed by atoms with van der Waals surface area (Å²) in [7, 11) is 1.57. The number of fused-ring (bicyclic) bond motifs is 1. The highest BCUT2D eigenvalue weighted by atomic mass is 16.5. The molecule has 3 rings (SSSR count). The monoisotopic (exact) mass is 270 g/mol. The summed E-state index contributed by atoms with van der Waals surface area (Å²) in [5, 5.41) is 3.95. The Labute approximate surface area is 118 Å². The van der Waals surface area contributed by atoms with Gasteiger partial charge in [0.25, 0.3) is 5.91 Å². The van der Waals surface area contributed by atoms with E-state index in [1.807, 2.05) is 24.3 Å². The first-order valence-corrected chi connectivity index (χ1v) is 7.02. The maximum atomic E-state index is 12.6. The molecule has 2 aromatic rings. The van der Waals surface area contributed by atoms with E-state index in [-0.39, 0.29) is 5.91 Å². The van der Waals surface area contributed by atoms with Crippen molar-refractivity contribution in [3.63, 3.8) is 0 Å². The number of pyridine rings is 1. The molecule has 0 aliphatic heterocycles. The van der Waals surface area contributed by atoms with Gasteiger partial charge < -0.3 is 10.1 Å². The second-order valence-electron chi connectivity index (χ2n) is 5.17. The van der Waals surface area contributed by atoms with Crippen LogP contribution >= 0.6 is 0 Å². The Hall–Kier alpha value is -2.10. The predicted octanol–water partition coefficient (Wildman–Crippen LogP) is 2.92. The van der Waals surface area contributed by atoms with Crippen LogP contribution in [0.5, 0.6) is 5.75 Å². The molecule has 1 N–H and O–H groups in total. The summed E-state index contributed by atoms with van der Waals surface area (Å²) in [5.41, 5.74) is 1.40.